The van der Waals surface area contributed by atoms with Crippen LogP contribution in [0.5, 0.6) is 0 Å². The molecule has 4 nitrogen and oxygen atoms in total. The quantitative estimate of drug-likeness (QED) is 0.446. The Morgan fingerprint density at radius 1 is 1.62 bits per heavy atom. The predicted molar refractivity (Wildman–Crippen MR) is 66.9 cm³/mol. The van der Waals surface area contributed by atoms with E-state index in [2.05, 4.69) is 9.85 Å². The van der Waals surface area contributed by atoms with E-state index in [-0.39, 0.29) is 18.7 Å². The minimum Gasteiger partial charge on any atom is -0.463 e. The molecule has 1 heterocycles. The van der Waals surface area contributed by atoms with Gasteiger partial charge in [-0.2, -0.15) is 0 Å². The largest absolute Gasteiger partial charge is 0.463 e. The third-order valence-electron chi connectivity index (χ3n) is 2.02. The smallest absolute Gasteiger partial charge is 0.306 e. The summed E-state index contributed by atoms with van der Waals surface area (Å²) >= 11 is 1.94. The van der Waals surface area contributed by atoms with Crippen molar-refractivity contribution in [3.63, 3.8) is 0 Å². The van der Waals surface area contributed by atoms with Crippen LogP contribution >= 0.6 is 22.6 Å². The Morgan fingerprint density at radius 3 is 2.94 bits per heavy atom. The molecule has 1 atom stereocenters. The molecule has 0 radical (unpaired) electrons. The number of halogens is 1. The van der Waals surface area contributed by atoms with Crippen molar-refractivity contribution < 1.29 is 19.0 Å². The second kappa shape index (κ2) is 6.42. The predicted octanol–water partition coefficient (Wildman–Crippen LogP) is 1.86. The molecule has 0 aliphatic carbocycles. The number of esters is 1. The first-order chi connectivity index (χ1) is 7.53. The Labute approximate surface area is 109 Å². The summed E-state index contributed by atoms with van der Waals surface area (Å²) < 4.78 is 18.6. The Balaban J connectivity index is 2.15. The summed E-state index contributed by atoms with van der Waals surface area (Å²) in [6.07, 6.45) is 0.706. The molecule has 5 heteroatoms. The second-order valence-electron chi connectivity index (χ2n) is 3.90. The molecule has 16 heavy (non-hydrogen) atoms. The van der Waals surface area contributed by atoms with Gasteiger partial charge in [0.1, 0.15) is 12.7 Å². The fourth-order valence-electron chi connectivity index (χ4n) is 1.32. The fraction of sp³-hybridized carbons (Fsp3) is 0.727. The molecule has 0 spiro atoms. The highest BCUT2D eigenvalue weighted by atomic mass is 127. The lowest BCUT2D eigenvalue weighted by atomic mass is 10.3. The second-order valence-corrected chi connectivity index (χ2v) is 4.44. The molecule has 1 aliphatic rings. The maximum absolute atomic E-state index is 11.2. The van der Waals surface area contributed by atoms with Crippen LogP contribution in [0.1, 0.15) is 26.7 Å². The van der Waals surface area contributed by atoms with Gasteiger partial charge in [0.15, 0.2) is 5.79 Å². The van der Waals surface area contributed by atoms with Crippen LogP contribution in [-0.2, 0) is 19.0 Å². The SMILES string of the molecule is CC1(C)OC[C@@H](COC(=O)CCC#CI)O1. The molecule has 90 valence electrons. The molecule has 1 fully saturated rings. The lowest BCUT2D eigenvalue weighted by Gasteiger charge is -2.16. The average Bonchev–Trinajstić information content (AvgIpc) is 2.56. The first-order valence-corrected chi connectivity index (χ1v) is 6.17. The number of hydrogen-bond acceptors (Lipinski definition) is 4. The van der Waals surface area contributed by atoms with Crippen LogP contribution in [0, 0.1) is 9.85 Å². The third-order valence-corrected chi connectivity index (χ3v) is 2.40. The summed E-state index contributed by atoms with van der Waals surface area (Å²) in [5.74, 6) is 1.99. The van der Waals surface area contributed by atoms with Crippen molar-refractivity contribution in [2.24, 2.45) is 0 Å². The normalized spacial score (nSPS) is 22.3. The zero-order valence-corrected chi connectivity index (χ0v) is 11.6. The topological polar surface area (TPSA) is 44.8 Å². The van der Waals surface area contributed by atoms with Crippen molar-refractivity contribution in [1.82, 2.24) is 0 Å². The van der Waals surface area contributed by atoms with Crippen LogP contribution in [0.4, 0.5) is 0 Å². The van der Waals surface area contributed by atoms with Crippen LogP contribution in [0.15, 0.2) is 0 Å². The molecule has 0 unspecified atom stereocenters. The van der Waals surface area contributed by atoms with E-state index in [1.165, 1.54) is 0 Å². The van der Waals surface area contributed by atoms with Gasteiger partial charge in [-0.05, 0) is 17.8 Å². The van der Waals surface area contributed by atoms with Crippen molar-refractivity contribution in [2.45, 2.75) is 38.6 Å². The van der Waals surface area contributed by atoms with Crippen LogP contribution in [0.3, 0.4) is 0 Å². The maximum atomic E-state index is 11.2. The van der Waals surface area contributed by atoms with E-state index in [1.54, 1.807) is 0 Å². The van der Waals surface area contributed by atoms with Crippen LogP contribution in [0.2, 0.25) is 0 Å². The molecule has 1 aliphatic heterocycles. The molecule has 0 aromatic heterocycles. The number of carbonyl (C=O) groups is 1. The molecule has 0 aromatic rings. The van der Waals surface area contributed by atoms with Crippen molar-refractivity contribution in [3.8, 4) is 9.85 Å². The Bertz CT molecular complexity index is 303. The van der Waals surface area contributed by atoms with Crippen molar-refractivity contribution in [3.05, 3.63) is 0 Å². The monoisotopic (exact) mass is 338 g/mol. The number of hydrogen-bond donors (Lipinski definition) is 0. The van der Waals surface area contributed by atoms with Gasteiger partial charge in [0.05, 0.1) is 13.0 Å². The van der Waals surface area contributed by atoms with E-state index in [4.69, 9.17) is 14.2 Å². The highest BCUT2D eigenvalue weighted by Gasteiger charge is 2.33. The molecule has 0 amide bonds. The number of carbonyl (C=O) groups excluding carboxylic acids is 1. The molecule has 0 bridgehead atoms. The summed E-state index contributed by atoms with van der Waals surface area (Å²) in [5, 5.41) is 0. The first kappa shape index (κ1) is 13.7. The summed E-state index contributed by atoms with van der Waals surface area (Å²) in [6, 6.07) is 0. The van der Waals surface area contributed by atoms with Gasteiger partial charge in [0.25, 0.3) is 0 Å². The van der Waals surface area contributed by atoms with Gasteiger partial charge in [-0.25, -0.2) is 0 Å². The van der Waals surface area contributed by atoms with E-state index in [1.807, 2.05) is 36.4 Å². The summed E-state index contributed by atoms with van der Waals surface area (Å²) in [5.41, 5.74) is 0. The van der Waals surface area contributed by atoms with Crippen molar-refractivity contribution in [2.75, 3.05) is 13.2 Å². The summed E-state index contributed by atoms with van der Waals surface area (Å²) in [4.78, 5) is 11.2. The van der Waals surface area contributed by atoms with Gasteiger partial charge in [-0.1, -0.05) is 5.92 Å². The molecule has 0 N–H and O–H groups in total. The standard InChI is InChI=1S/C11H15IO4/c1-11(2)15-8-9(16-11)7-14-10(13)5-3-4-6-12/h9H,3,5,7-8H2,1-2H3/t9-/m1/s1. The number of ether oxygens (including phenoxy) is 3. The van der Waals surface area contributed by atoms with Crippen LogP contribution in [-0.4, -0.2) is 31.1 Å². The van der Waals surface area contributed by atoms with Gasteiger partial charge in [0.2, 0.25) is 0 Å². The molecular formula is C11H15IO4. The average molecular weight is 338 g/mol. The molecule has 0 saturated carbocycles. The van der Waals surface area contributed by atoms with E-state index in [0.29, 0.717) is 19.4 Å². The zero-order valence-electron chi connectivity index (χ0n) is 9.42. The maximum Gasteiger partial charge on any atom is 0.306 e. The van der Waals surface area contributed by atoms with Crippen molar-refractivity contribution >= 4 is 28.6 Å². The highest BCUT2D eigenvalue weighted by molar-refractivity contribution is 14.1. The van der Waals surface area contributed by atoms with Crippen molar-refractivity contribution in [1.29, 1.82) is 0 Å². The zero-order chi connectivity index (χ0) is 12.0. The van der Waals surface area contributed by atoms with Gasteiger partial charge in [-0.15, -0.1) is 0 Å². The van der Waals surface area contributed by atoms with Gasteiger partial charge in [-0.3, -0.25) is 4.79 Å². The number of rotatable bonds is 4. The van der Waals surface area contributed by atoms with Gasteiger partial charge < -0.3 is 14.2 Å². The van der Waals surface area contributed by atoms with E-state index in [9.17, 15) is 4.79 Å². The molecule has 0 aromatic carbocycles. The lowest BCUT2D eigenvalue weighted by Crippen LogP contribution is -2.25. The minimum absolute atomic E-state index is 0.158. The Kier molecular flexibility index (Phi) is 5.52. The Hall–Kier alpha value is -0.320. The summed E-state index contributed by atoms with van der Waals surface area (Å²) in [7, 11) is 0. The molecular weight excluding hydrogens is 323 g/mol. The van der Waals surface area contributed by atoms with E-state index >= 15 is 0 Å². The molecule has 1 saturated heterocycles. The van der Waals surface area contributed by atoms with Gasteiger partial charge >= 0.3 is 5.97 Å². The minimum atomic E-state index is -0.566. The highest BCUT2D eigenvalue weighted by Crippen LogP contribution is 2.22. The van der Waals surface area contributed by atoms with Crippen LogP contribution in [0.25, 0.3) is 0 Å². The lowest BCUT2D eigenvalue weighted by molar-refractivity contribution is -0.158. The van der Waals surface area contributed by atoms with Gasteiger partial charge in [0, 0.05) is 29.0 Å². The third kappa shape index (κ3) is 5.14. The first-order valence-electron chi connectivity index (χ1n) is 5.09. The van der Waals surface area contributed by atoms with E-state index in [0.717, 1.165) is 0 Å². The van der Waals surface area contributed by atoms with E-state index < -0.39 is 5.79 Å². The Morgan fingerprint density at radius 2 is 2.38 bits per heavy atom. The summed E-state index contributed by atoms with van der Waals surface area (Å²) in [6.45, 7) is 4.39. The van der Waals surface area contributed by atoms with Crippen LogP contribution < -0.4 is 0 Å². The molecule has 1 rings (SSSR count). The fourth-order valence-corrected chi connectivity index (χ4v) is 1.58.